The fraction of sp³-hybridized carbons (Fsp3) is 0.231. The fourth-order valence-electron chi connectivity index (χ4n) is 1.52. The van der Waals surface area contributed by atoms with Crippen molar-refractivity contribution in [2.45, 2.75) is 24.3 Å². The summed E-state index contributed by atoms with van der Waals surface area (Å²) in [5, 5.41) is 10.1. The van der Waals surface area contributed by atoms with Crippen molar-refractivity contribution in [1.29, 1.82) is 0 Å². The van der Waals surface area contributed by atoms with Gasteiger partial charge in [-0.15, -0.1) is 5.10 Å². The molecule has 0 unspecified atom stereocenters. The Morgan fingerprint density at radius 2 is 2.15 bits per heavy atom. The van der Waals surface area contributed by atoms with Gasteiger partial charge in [-0.05, 0) is 25.5 Å². The number of carbonyl (C=O) groups excluding carboxylic acids is 1. The van der Waals surface area contributed by atoms with E-state index in [0.29, 0.717) is 5.16 Å². The molecule has 1 atom stereocenters. The lowest BCUT2D eigenvalue weighted by Crippen LogP contribution is -2.23. The minimum Gasteiger partial charge on any atom is -0.325 e. The van der Waals surface area contributed by atoms with E-state index < -0.39 is 5.25 Å². The summed E-state index contributed by atoms with van der Waals surface area (Å²) in [5.41, 5.74) is 1.43. The van der Waals surface area contributed by atoms with Crippen LogP contribution in [0.4, 0.5) is 5.69 Å². The van der Waals surface area contributed by atoms with E-state index in [9.17, 15) is 9.59 Å². The van der Waals surface area contributed by atoms with Crippen LogP contribution < -0.4 is 10.9 Å². The minimum atomic E-state index is -0.401. The number of hydrogen-bond donors (Lipinski definition) is 2. The van der Waals surface area contributed by atoms with Crippen molar-refractivity contribution >= 4 is 23.4 Å². The number of anilines is 1. The van der Waals surface area contributed by atoms with Gasteiger partial charge in [0.15, 0.2) is 5.16 Å². The van der Waals surface area contributed by atoms with Gasteiger partial charge in [0, 0.05) is 5.69 Å². The predicted molar refractivity (Wildman–Crippen MR) is 77.8 cm³/mol. The van der Waals surface area contributed by atoms with Crippen molar-refractivity contribution in [1.82, 2.24) is 15.2 Å². The van der Waals surface area contributed by atoms with Crippen LogP contribution >= 0.6 is 11.8 Å². The van der Waals surface area contributed by atoms with E-state index >= 15 is 0 Å². The number of nitrogens with zero attached hydrogens (tertiary/aromatic N) is 2. The zero-order chi connectivity index (χ0) is 14.5. The van der Waals surface area contributed by atoms with Crippen molar-refractivity contribution in [3.05, 3.63) is 46.4 Å². The van der Waals surface area contributed by atoms with Crippen LogP contribution in [0.15, 0.2) is 40.4 Å². The number of amides is 1. The number of nitrogens with one attached hydrogen (secondary N) is 2. The van der Waals surface area contributed by atoms with Crippen LogP contribution in [0.2, 0.25) is 0 Å². The van der Waals surface area contributed by atoms with Crippen molar-refractivity contribution in [3.8, 4) is 0 Å². The molecule has 104 valence electrons. The first-order chi connectivity index (χ1) is 9.56. The molecule has 0 spiro atoms. The molecule has 1 aromatic carbocycles. The summed E-state index contributed by atoms with van der Waals surface area (Å²) >= 11 is 1.15. The number of aryl methyl sites for hydroxylation is 1. The second kappa shape index (κ2) is 6.33. The molecule has 2 aromatic rings. The van der Waals surface area contributed by atoms with Crippen LogP contribution in [0.5, 0.6) is 0 Å². The molecule has 20 heavy (non-hydrogen) atoms. The molecule has 2 rings (SSSR count). The van der Waals surface area contributed by atoms with Gasteiger partial charge in [0.1, 0.15) is 6.20 Å². The van der Waals surface area contributed by atoms with E-state index in [1.165, 1.54) is 0 Å². The smallest absolute Gasteiger partial charge is 0.270 e. The number of carbonyl (C=O) groups is 1. The molecule has 0 saturated heterocycles. The van der Waals surface area contributed by atoms with Gasteiger partial charge >= 0.3 is 0 Å². The molecule has 0 fully saturated rings. The lowest BCUT2D eigenvalue weighted by Gasteiger charge is -2.12. The van der Waals surface area contributed by atoms with Crippen LogP contribution in [0.1, 0.15) is 12.5 Å². The molecule has 0 aliphatic carbocycles. The van der Waals surface area contributed by atoms with Crippen LogP contribution in [0.25, 0.3) is 0 Å². The SMILES string of the molecule is Cc1ccccc1NC(=O)[C@H](C)Sc1nncc(=O)[nH]1. The maximum Gasteiger partial charge on any atom is 0.270 e. The Balaban J connectivity index is 2.02. The van der Waals surface area contributed by atoms with E-state index in [2.05, 4.69) is 20.5 Å². The third-order valence-corrected chi connectivity index (χ3v) is 3.59. The topological polar surface area (TPSA) is 87.7 Å². The number of aromatic nitrogens is 3. The number of aromatic amines is 1. The average molecular weight is 290 g/mol. The molecule has 0 aliphatic rings. The van der Waals surface area contributed by atoms with E-state index in [1.807, 2.05) is 31.2 Å². The Kier molecular flexibility index (Phi) is 4.52. The zero-order valence-electron chi connectivity index (χ0n) is 11.1. The number of rotatable bonds is 4. The second-order valence-corrected chi connectivity index (χ2v) is 5.53. The molecular formula is C13H14N4O2S. The van der Waals surface area contributed by atoms with E-state index in [4.69, 9.17) is 0 Å². The van der Waals surface area contributed by atoms with E-state index in [1.54, 1.807) is 6.92 Å². The third-order valence-electron chi connectivity index (χ3n) is 2.61. The quantitative estimate of drug-likeness (QED) is 0.835. The van der Waals surface area contributed by atoms with Crippen molar-refractivity contribution < 1.29 is 4.79 Å². The first-order valence-corrected chi connectivity index (χ1v) is 6.89. The molecule has 2 N–H and O–H groups in total. The molecule has 7 heteroatoms. The largest absolute Gasteiger partial charge is 0.325 e. The number of H-pyrrole nitrogens is 1. The maximum absolute atomic E-state index is 12.1. The van der Waals surface area contributed by atoms with Gasteiger partial charge in [0.05, 0.1) is 5.25 Å². The predicted octanol–water partition coefficient (Wildman–Crippen LogP) is 1.59. The van der Waals surface area contributed by atoms with Crippen LogP contribution in [0.3, 0.4) is 0 Å². The van der Waals surface area contributed by atoms with E-state index in [-0.39, 0.29) is 11.5 Å². The molecule has 0 aliphatic heterocycles. The monoisotopic (exact) mass is 290 g/mol. The molecule has 1 heterocycles. The first-order valence-electron chi connectivity index (χ1n) is 6.01. The highest BCUT2D eigenvalue weighted by molar-refractivity contribution is 8.00. The number of benzene rings is 1. The van der Waals surface area contributed by atoms with Crippen LogP contribution in [-0.2, 0) is 4.79 Å². The first kappa shape index (κ1) is 14.3. The second-order valence-electron chi connectivity index (χ2n) is 4.20. The van der Waals surface area contributed by atoms with E-state index in [0.717, 1.165) is 29.2 Å². The Morgan fingerprint density at radius 3 is 2.85 bits per heavy atom. The van der Waals surface area contributed by atoms with Gasteiger partial charge in [-0.2, -0.15) is 5.10 Å². The fourth-order valence-corrected chi connectivity index (χ4v) is 2.27. The maximum atomic E-state index is 12.1. The lowest BCUT2D eigenvalue weighted by atomic mass is 10.2. The number of hydrogen-bond acceptors (Lipinski definition) is 5. The van der Waals surface area contributed by atoms with Gasteiger partial charge in [-0.3, -0.25) is 14.6 Å². The standard InChI is InChI=1S/C13H14N4O2S/c1-8-5-3-4-6-10(8)15-12(19)9(2)20-13-16-11(18)7-14-17-13/h3-7,9H,1-2H3,(H,15,19)(H,16,17,18)/t9-/m0/s1. The summed E-state index contributed by atoms with van der Waals surface area (Å²) < 4.78 is 0. The van der Waals surface area contributed by atoms with Crippen LogP contribution in [0, 0.1) is 6.92 Å². The highest BCUT2D eigenvalue weighted by atomic mass is 32.2. The summed E-state index contributed by atoms with van der Waals surface area (Å²) in [6.45, 7) is 3.67. The molecule has 1 aromatic heterocycles. The van der Waals surface area contributed by atoms with Gasteiger partial charge in [-0.1, -0.05) is 30.0 Å². The van der Waals surface area contributed by atoms with Crippen molar-refractivity contribution in [2.24, 2.45) is 0 Å². The summed E-state index contributed by atoms with van der Waals surface area (Å²) in [4.78, 5) is 25.7. The summed E-state index contributed by atoms with van der Waals surface area (Å²) in [7, 11) is 0. The number of thioether (sulfide) groups is 1. The van der Waals surface area contributed by atoms with Crippen molar-refractivity contribution in [3.63, 3.8) is 0 Å². The molecule has 0 bridgehead atoms. The van der Waals surface area contributed by atoms with Gasteiger partial charge in [0.25, 0.3) is 5.56 Å². The minimum absolute atomic E-state index is 0.157. The van der Waals surface area contributed by atoms with Crippen LogP contribution in [-0.4, -0.2) is 26.3 Å². The van der Waals surface area contributed by atoms with Gasteiger partial charge < -0.3 is 5.32 Å². The Bertz CT molecular complexity index is 671. The Morgan fingerprint density at radius 1 is 1.40 bits per heavy atom. The normalized spacial score (nSPS) is 11.9. The highest BCUT2D eigenvalue weighted by Crippen LogP contribution is 2.20. The molecule has 0 radical (unpaired) electrons. The number of para-hydroxylation sites is 1. The average Bonchev–Trinajstić information content (AvgIpc) is 2.41. The Hall–Kier alpha value is -2.15. The molecular weight excluding hydrogens is 276 g/mol. The highest BCUT2D eigenvalue weighted by Gasteiger charge is 2.16. The molecule has 0 saturated carbocycles. The molecule has 1 amide bonds. The molecule has 6 nitrogen and oxygen atoms in total. The zero-order valence-corrected chi connectivity index (χ0v) is 11.9. The summed E-state index contributed by atoms with van der Waals surface area (Å²) in [6, 6.07) is 7.54. The van der Waals surface area contributed by atoms with Gasteiger partial charge in [0.2, 0.25) is 5.91 Å². The van der Waals surface area contributed by atoms with Gasteiger partial charge in [-0.25, -0.2) is 0 Å². The Labute approximate surface area is 120 Å². The lowest BCUT2D eigenvalue weighted by molar-refractivity contribution is -0.115. The summed E-state index contributed by atoms with van der Waals surface area (Å²) in [5.74, 6) is -0.157. The van der Waals surface area contributed by atoms with Crippen molar-refractivity contribution in [2.75, 3.05) is 5.32 Å². The summed E-state index contributed by atoms with van der Waals surface area (Å²) in [6.07, 6.45) is 1.09. The third kappa shape index (κ3) is 3.67.